The fourth-order valence-electron chi connectivity index (χ4n) is 2.07. The summed E-state index contributed by atoms with van der Waals surface area (Å²) in [5, 5.41) is 7.37. The van der Waals surface area contributed by atoms with Crippen molar-refractivity contribution in [2.75, 3.05) is 27.2 Å². The molecular formula is C11H20N4O. The first kappa shape index (κ1) is 11.5. The normalized spacial score (nSPS) is 21.6. The van der Waals surface area contributed by atoms with Crippen LogP contribution < -0.4 is 5.32 Å². The molecule has 0 aliphatic carbocycles. The van der Waals surface area contributed by atoms with Gasteiger partial charge in [0.05, 0.1) is 6.54 Å². The molecule has 1 aliphatic rings. The first-order chi connectivity index (χ1) is 7.74. The lowest BCUT2D eigenvalue weighted by Gasteiger charge is -2.20. The monoisotopic (exact) mass is 224 g/mol. The molecule has 1 aromatic heterocycles. The topological polar surface area (TPSA) is 54.2 Å². The largest absolute Gasteiger partial charge is 0.339 e. The zero-order valence-electron chi connectivity index (χ0n) is 10.1. The number of hydrogen-bond acceptors (Lipinski definition) is 5. The highest BCUT2D eigenvalue weighted by Gasteiger charge is 2.17. The molecule has 1 aliphatic heterocycles. The van der Waals surface area contributed by atoms with Crippen molar-refractivity contribution >= 4 is 0 Å². The Morgan fingerprint density at radius 2 is 2.38 bits per heavy atom. The Kier molecular flexibility index (Phi) is 3.90. The van der Waals surface area contributed by atoms with Crippen molar-refractivity contribution < 1.29 is 4.52 Å². The van der Waals surface area contributed by atoms with Crippen LogP contribution in [-0.4, -0.2) is 42.2 Å². The molecular weight excluding hydrogens is 204 g/mol. The third kappa shape index (κ3) is 3.28. The van der Waals surface area contributed by atoms with Crippen molar-refractivity contribution in [3.63, 3.8) is 0 Å². The molecule has 0 aromatic carbocycles. The molecule has 16 heavy (non-hydrogen) atoms. The summed E-state index contributed by atoms with van der Waals surface area (Å²) in [7, 11) is 4.00. The maximum Gasteiger partial charge on any atom is 0.227 e. The molecule has 1 N–H and O–H groups in total. The molecule has 1 fully saturated rings. The van der Waals surface area contributed by atoms with E-state index in [1.54, 1.807) is 0 Å². The fraction of sp³-hybridized carbons (Fsp3) is 0.818. The van der Waals surface area contributed by atoms with Gasteiger partial charge in [0.25, 0.3) is 0 Å². The number of hydrogen-bond donors (Lipinski definition) is 1. The van der Waals surface area contributed by atoms with Gasteiger partial charge < -0.3 is 14.7 Å². The second-order valence-corrected chi connectivity index (χ2v) is 4.76. The SMILES string of the molecule is CN(C)Cc1noc(CC2CCCNC2)n1. The van der Waals surface area contributed by atoms with Gasteiger partial charge in [0.15, 0.2) is 5.82 Å². The Morgan fingerprint density at radius 1 is 1.50 bits per heavy atom. The average Bonchev–Trinajstić information content (AvgIpc) is 2.66. The van der Waals surface area contributed by atoms with Gasteiger partial charge in [0, 0.05) is 6.42 Å². The molecule has 0 spiro atoms. The average molecular weight is 224 g/mol. The lowest BCUT2D eigenvalue weighted by molar-refractivity contribution is 0.310. The fourth-order valence-corrected chi connectivity index (χ4v) is 2.07. The maximum atomic E-state index is 5.25. The summed E-state index contributed by atoms with van der Waals surface area (Å²) in [6.07, 6.45) is 3.43. The van der Waals surface area contributed by atoms with E-state index in [1.165, 1.54) is 12.8 Å². The molecule has 0 amide bonds. The van der Waals surface area contributed by atoms with Crippen LogP contribution in [0.4, 0.5) is 0 Å². The van der Waals surface area contributed by atoms with Crippen LogP contribution in [-0.2, 0) is 13.0 Å². The highest BCUT2D eigenvalue weighted by Crippen LogP contribution is 2.15. The molecule has 5 heteroatoms. The summed E-state index contributed by atoms with van der Waals surface area (Å²) >= 11 is 0. The van der Waals surface area contributed by atoms with Crippen molar-refractivity contribution in [2.45, 2.75) is 25.8 Å². The van der Waals surface area contributed by atoms with Crippen molar-refractivity contribution in [1.29, 1.82) is 0 Å². The molecule has 2 heterocycles. The number of aromatic nitrogens is 2. The van der Waals surface area contributed by atoms with E-state index in [9.17, 15) is 0 Å². The van der Waals surface area contributed by atoms with Crippen molar-refractivity contribution in [3.8, 4) is 0 Å². The lowest BCUT2D eigenvalue weighted by atomic mass is 9.96. The van der Waals surface area contributed by atoms with Gasteiger partial charge in [-0.25, -0.2) is 0 Å². The Morgan fingerprint density at radius 3 is 3.06 bits per heavy atom. The van der Waals surface area contributed by atoms with E-state index in [4.69, 9.17) is 4.52 Å². The Balaban J connectivity index is 1.86. The number of nitrogens with zero attached hydrogens (tertiary/aromatic N) is 3. The van der Waals surface area contributed by atoms with Gasteiger partial charge in [0.2, 0.25) is 5.89 Å². The number of nitrogens with one attached hydrogen (secondary N) is 1. The van der Waals surface area contributed by atoms with E-state index in [2.05, 4.69) is 15.5 Å². The molecule has 1 aromatic rings. The summed E-state index contributed by atoms with van der Waals surface area (Å²) in [4.78, 5) is 6.44. The van der Waals surface area contributed by atoms with Gasteiger partial charge in [-0.05, 0) is 45.9 Å². The van der Waals surface area contributed by atoms with Crippen molar-refractivity contribution in [2.24, 2.45) is 5.92 Å². The van der Waals surface area contributed by atoms with Gasteiger partial charge in [-0.15, -0.1) is 0 Å². The minimum Gasteiger partial charge on any atom is -0.339 e. The summed E-state index contributed by atoms with van der Waals surface area (Å²) in [5.74, 6) is 2.22. The zero-order valence-corrected chi connectivity index (χ0v) is 10.1. The Bertz CT molecular complexity index is 318. The number of rotatable bonds is 4. The third-order valence-corrected chi connectivity index (χ3v) is 2.83. The lowest BCUT2D eigenvalue weighted by Crippen LogP contribution is -2.30. The van der Waals surface area contributed by atoms with Crippen molar-refractivity contribution in [3.05, 3.63) is 11.7 Å². The zero-order chi connectivity index (χ0) is 11.4. The molecule has 0 saturated carbocycles. The Hall–Kier alpha value is -0.940. The highest BCUT2D eigenvalue weighted by atomic mass is 16.5. The predicted molar refractivity (Wildman–Crippen MR) is 61.0 cm³/mol. The number of piperidine rings is 1. The van der Waals surface area contributed by atoms with Gasteiger partial charge in [-0.3, -0.25) is 0 Å². The van der Waals surface area contributed by atoms with Crippen LogP contribution in [0.5, 0.6) is 0 Å². The van der Waals surface area contributed by atoms with Crippen molar-refractivity contribution in [1.82, 2.24) is 20.4 Å². The molecule has 1 atom stereocenters. The molecule has 1 saturated heterocycles. The molecule has 2 rings (SSSR count). The highest BCUT2D eigenvalue weighted by molar-refractivity contribution is 4.88. The maximum absolute atomic E-state index is 5.25. The van der Waals surface area contributed by atoms with Crippen LogP contribution in [0.3, 0.4) is 0 Å². The summed E-state index contributed by atoms with van der Waals surface area (Å²) in [5.41, 5.74) is 0. The summed E-state index contributed by atoms with van der Waals surface area (Å²) in [6.45, 7) is 2.96. The van der Waals surface area contributed by atoms with Crippen LogP contribution in [0, 0.1) is 5.92 Å². The van der Waals surface area contributed by atoms with E-state index < -0.39 is 0 Å². The van der Waals surface area contributed by atoms with Gasteiger partial charge in [-0.1, -0.05) is 5.16 Å². The second-order valence-electron chi connectivity index (χ2n) is 4.76. The van der Waals surface area contributed by atoms with E-state index in [0.29, 0.717) is 5.92 Å². The molecule has 5 nitrogen and oxygen atoms in total. The van der Waals surface area contributed by atoms with E-state index in [-0.39, 0.29) is 0 Å². The van der Waals surface area contributed by atoms with Crippen LogP contribution in [0.15, 0.2) is 4.52 Å². The minimum atomic E-state index is 0.654. The van der Waals surface area contributed by atoms with Gasteiger partial charge >= 0.3 is 0 Å². The molecule has 90 valence electrons. The standard InChI is InChI=1S/C11H20N4O/c1-15(2)8-10-13-11(16-14-10)6-9-4-3-5-12-7-9/h9,12H,3-8H2,1-2H3. The van der Waals surface area contributed by atoms with Crippen LogP contribution in [0.1, 0.15) is 24.6 Å². The quantitative estimate of drug-likeness (QED) is 0.815. The predicted octanol–water partition coefficient (Wildman–Crippen LogP) is 0.673. The van der Waals surface area contributed by atoms with Crippen LogP contribution in [0.2, 0.25) is 0 Å². The van der Waals surface area contributed by atoms with E-state index >= 15 is 0 Å². The third-order valence-electron chi connectivity index (χ3n) is 2.83. The molecule has 1 unspecified atom stereocenters. The summed E-state index contributed by atoms with van der Waals surface area (Å²) < 4.78 is 5.25. The molecule has 0 radical (unpaired) electrons. The van der Waals surface area contributed by atoms with E-state index in [1.807, 2.05) is 19.0 Å². The summed E-state index contributed by atoms with van der Waals surface area (Å²) in [6, 6.07) is 0. The minimum absolute atomic E-state index is 0.654. The van der Waals surface area contributed by atoms with Crippen LogP contribution >= 0.6 is 0 Å². The first-order valence-corrected chi connectivity index (χ1v) is 5.91. The van der Waals surface area contributed by atoms with E-state index in [0.717, 1.165) is 37.8 Å². The van der Waals surface area contributed by atoms with Gasteiger partial charge in [0.1, 0.15) is 0 Å². The second kappa shape index (κ2) is 5.41. The smallest absolute Gasteiger partial charge is 0.227 e. The first-order valence-electron chi connectivity index (χ1n) is 5.91. The molecule has 0 bridgehead atoms. The Labute approximate surface area is 96.2 Å². The van der Waals surface area contributed by atoms with Crippen LogP contribution in [0.25, 0.3) is 0 Å². The van der Waals surface area contributed by atoms with Gasteiger partial charge in [-0.2, -0.15) is 4.98 Å².